The van der Waals surface area contributed by atoms with Crippen LogP contribution in [0.4, 0.5) is 5.82 Å². The minimum Gasteiger partial charge on any atom is -0.354 e. The third kappa shape index (κ3) is 2.14. The van der Waals surface area contributed by atoms with Gasteiger partial charge in [0.1, 0.15) is 17.8 Å². The molecule has 0 unspecified atom stereocenters. The van der Waals surface area contributed by atoms with E-state index in [1.165, 1.54) is 5.56 Å². The molecule has 3 heterocycles. The monoisotopic (exact) mass is 285 g/mol. The highest BCUT2D eigenvalue weighted by Gasteiger charge is 2.36. The highest BCUT2D eigenvalue weighted by atomic mass is 16.2. The number of carbonyl (C=O) groups is 1. The second kappa shape index (κ2) is 4.72. The van der Waals surface area contributed by atoms with Gasteiger partial charge in [0.15, 0.2) is 0 Å². The number of anilines is 1. The molecule has 1 saturated heterocycles. The zero-order chi connectivity index (χ0) is 14.4. The van der Waals surface area contributed by atoms with Crippen molar-refractivity contribution in [3.8, 4) is 0 Å². The molecule has 0 aromatic carbocycles. The molecule has 2 aromatic heterocycles. The summed E-state index contributed by atoms with van der Waals surface area (Å²) in [6, 6.07) is 0.439. The van der Waals surface area contributed by atoms with Gasteiger partial charge in [0.25, 0.3) is 0 Å². The van der Waals surface area contributed by atoms with Gasteiger partial charge in [-0.1, -0.05) is 6.92 Å². The lowest BCUT2D eigenvalue weighted by molar-refractivity contribution is -0.125. The Morgan fingerprint density at radius 2 is 2.24 bits per heavy atom. The summed E-state index contributed by atoms with van der Waals surface area (Å²) in [6.45, 7) is 3.62. The Morgan fingerprint density at radius 1 is 1.43 bits per heavy atom. The Kier molecular flexibility index (Phi) is 2.83. The molecule has 2 fully saturated rings. The Labute approximate surface area is 123 Å². The number of aryl methyl sites for hydroxylation is 1. The summed E-state index contributed by atoms with van der Waals surface area (Å²) in [5.41, 5.74) is 2.11. The Balaban J connectivity index is 1.52. The Bertz CT molecular complexity index is 684. The van der Waals surface area contributed by atoms with Crippen molar-refractivity contribution in [1.82, 2.24) is 20.3 Å². The van der Waals surface area contributed by atoms with E-state index in [1.807, 2.05) is 6.20 Å². The third-order valence-electron chi connectivity index (χ3n) is 4.39. The van der Waals surface area contributed by atoms with Gasteiger partial charge in [0, 0.05) is 25.3 Å². The molecule has 0 spiro atoms. The van der Waals surface area contributed by atoms with Crippen LogP contribution >= 0.6 is 0 Å². The van der Waals surface area contributed by atoms with Gasteiger partial charge in [0.05, 0.1) is 11.3 Å². The molecular weight excluding hydrogens is 266 g/mol. The number of fused-ring (bicyclic) bond motifs is 1. The van der Waals surface area contributed by atoms with E-state index in [-0.39, 0.29) is 11.8 Å². The van der Waals surface area contributed by atoms with Crippen molar-refractivity contribution >= 4 is 22.8 Å². The van der Waals surface area contributed by atoms with E-state index in [1.54, 1.807) is 6.33 Å². The van der Waals surface area contributed by atoms with Crippen LogP contribution in [-0.2, 0) is 11.2 Å². The first kappa shape index (κ1) is 12.6. The topological polar surface area (TPSA) is 73.9 Å². The van der Waals surface area contributed by atoms with Crippen molar-refractivity contribution in [3.05, 3.63) is 18.1 Å². The van der Waals surface area contributed by atoms with Crippen LogP contribution in [0.15, 0.2) is 12.5 Å². The lowest BCUT2D eigenvalue weighted by Crippen LogP contribution is -2.54. The van der Waals surface area contributed by atoms with Crippen molar-refractivity contribution in [2.45, 2.75) is 32.2 Å². The summed E-state index contributed by atoms with van der Waals surface area (Å²) < 4.78 is 0. The van der Waals surface area contributed by atoms with Gasteiger partial charge in [-0.3, -0.25) is 4.79 Å². The van der Waals surface area contributed by atoms with Crippen molar-refractivity contribution < 1.29 is 4.79 Å². The molecule has 21 heavy (non-hydrogen) atoms. The van der Waals surface area contributed by atoms with Crippen molar-refractivity contribution in [2.24, 2.45) is 5.92 Å². The standard InChI is InChI=1S/C15H19N5O/c1-2-9-5-16-13-12(9)14(18-8-17-13)20-6-10(7-20)15(21)19-11-3-4-11/h5,8,10-11H,2-4,6-7H2,1H3,(H,19,21)(H,16,17,18). The summed E-state index contributed by atoms with van der Waals surface area (Å²) in [6.07, 6.45) is 6.81. The van der Waals surface area contributed by atoms with Gasteiger partial charge in [-0.25, -0.2) is 9.97 Å². The Hall–Kier alpha value is -2.11. The highest BCUT2D eigenvalue weighted by Crippen LogP contribution is 2.31. The van der Waals surface area contributed by atoms with Crippen molar-refractivity contribution in [3.63, 3.8) is 0 Å². The first-order valence-corrected chi connectivity index (χ1v) is 7.62. The molecule has 0 atom stereocenters. The molecule has 2 N–H and O–H groups in total. The molecule has 0 radical (unpaired) electrons. The van der Waals surface area contributed by atoms with Crippen LogP contribution in [0.1, 0.15) is 25.3 Å². The number of hydrogen-bond donors (Lipinski definition) is 2. The van der Waals surface area contributed by atoms with Crippen LogP contribution in [0.5, 0.6) is 0 Å². The zero-order valence-corrected chi connectivity index (χ0v) is 12.1. The predicted octanol–water partition coefficient (Wildman–Crippen LogP) is 1.24. The van der Waals surface area contributed by atoms with Gasteiger partial charge in [-0.2, -0.15) is 0 Å². The van der Waals surface area contributed by atoms with Crippen LogP contribution in [0.25, 0.3) is 11.0 Å². The molecule has 1 saturated carbocycles. The largest absolute Gasteiger partial charge is 0.354 e. The van der Waals surface area contributed by atoms with Crippen LogP contribution in [-0.4, -0.2) is 40.0 Å². The molecule has 6 heteroatoms. The fraction of sp³-hybridized carbons (Fsp3) is 0.533. The summed E-state index contributed by atoms with van der Waals surface area (Å²) in [5.74, 6) is 1.25. The van der Waals surface area contributed by atoms with E-state index in [0.717, 1.165) is 49.2 Å². The van der Waals surface area contributed by atoms with E-state index < -0.39 is 0 Å². The van der Waals surface area contributed by atoms with Gasteiger partial charge < -0.3 is 15.2 Å². The lowest BCUT2D eigenvalue weighted by Gasteiger charge is -2.39. The highest BCUT2D eigenvalue weighted by molar-refractivity contribution is 5.92. The first-order valence-electron chi connectivity index (χ1n) is 7.62. The van der Waals surface area contributed by atoms with Crippen LogP contribution in [0, 0.1) is 5.92 Å². The summed E-state index contributed by atoms with van der Waals surface area (Å²) in [7, 11) is 0. The number of rotatable bonds is 4. The zero-order valence-electron chi connectivity index (χ0n) is 12.1. The molecule has 4 rings (SSSR count). The average molecular weight is 285 g/mol. The van der Waals surface area contributed by atoms with Gasteiger partial charge in [-0.15, -0.1) is 0 Å². The van der Waals surface area contributed by atoms with E-state index >= 15 is 0 Å². The summed E-state index contributed by atoms with van der Waals surface area (Å²) in [4.78, 5) is 26.1. The Morgan fingerprint density at radius 3 is 2.95 bits per heavy atom. The quantitative estimate of drug-likeness (QED) is 0.886. The van der Waals surface area contributed by atoms with E-state index in [9.17, 15) is 4.79 Å². The summed E-state index contributed by atoms with van der Waals surface area (Å²) in [5, 5.41) is 4.18. The number of nitrogens with zero attached hydrogens (tertiary/aromatic N) is 3. The second-order valence-corrected chi connectivity index (χ2v) is 5.97. The molecular formula is C15H19N5O. The fourth-order valence-corrected chi connectivity index (χ4v) is 2.89. The normalized spacial score (nSPS) is 18.8. The minimum atomic E-state index is 0.0969. The van der Waals surface area contributed by atoms with Gasteiger partial charge >= 0.3 is 0 Å². The van der Waals surface area contributed by atoms with Crippen molar-refractivity contribution in [2.75, 3.05) is 18.0 Å². The first-order chi connectivity index (χ1) is 10.3. The smallest absolute Gasteiger partial charge is 0.226 e. The number of carbonyl (C=O) groups excluding carboxylic acids is 1. The van der Waals surface area contributed by atoms with Crippen LogP contribution < -0.4 is 10.2 Å². The minimum absolute atomic E-state index is 0.0969. The summed E-state index contributed by atoms with van der Waals surface area (Å²) >= 11 is 0. The number of aromatic nitrogens is 3. The van der Waals surface area contributed by atoms with Crippen LogP contribution in [0.2, 0.25) is 0 Å². The molecule has 1 amide bonds. The molecule has 6 nitrogen and oxygen atoms in total. The molecule has 0 bridgehead atoms. The molecule has 2 aromatic rings. The van der Waals surface area contributed by atoms with Gasteiger partial charge in [-0.05, 0) is 24.8 Å². The number of H-pyrrole nitrogens is 1. The fourth-order valence-electron chi connectivity index (χ4n) is 2.89. The number of amides is 1. The molecule has 1 aliphatic heterocycles. The third-order valence-corrected chi connectivity index (χ3v) is 4.39. The van der Waals surface area contributed by atoms with Crippen molar-refractivity contribution in [1.29, 1.82) is 0 Å². The maximum Gasteiger partial charge on any atom is 0.226 e. The second-order valence-electron chi connectivity index (χ2n) is 5.97. The SMILES string of the molecule is CCc1c[nH]c2ncnc(N3CC(C(=O)NC4CC4)C3)c12. The number of nitrogens with one attached hydrogen (secondary N) is 2. The van der Waals surface area contributed by atoms with E-state index in [0.29, 0.717) is 6.04 Å². The van der Waals surface area contributed by atoms with Crippen LogP contribution in [0.3, 0.4) is 0 Å². The molecule has 1 aliphatic carbocycles. The van der Waals surface area contributed by atoms with E-state index in [4.69, 9.17) is 0 Å². The predicted molar refractivity (Wildman–Crippen MR) is 80.1 cm³/mol. The number of hydrogen-bond acceptors (Lipinski definition) is 4. The maximum absolute atomic E-state index is 12.0. The average Bonchev–Trinajstić information content (AvgIpc) is 3.14. The maximum atomic E-state index is 12.0. The molecule has 110 valence electrons. The lowest BCUT2D eigenvalue weighted by atomic mass is 9.98. The molecule has 2 aliphatic rings. The number of aromatic amines is 1. The van der Waals surface area contributed by atoms with Gasteiger partial charge in [0.2, 0.25) is 5.91 Å². The van der Waals surface area contributed by atoms with E-state index in [2.05, 4.69) is 32.1 Å².